The van der Waals surface area contributed by atoms with Crippen molar-refractivity contribution in [3.05, 3.63) is 39.8 Å². The van der Waals surface area contributed by atoms with Gasteiger partial charge in [-0.05, 0) is 30.7 Å². The fourth-order valence-electron chi connectivity index (χ4n) is 1.98. The zero-order valence-electron chi connectivity index (χ0n) is 12.7. The summed E-state index contributed by atoms with van der Waals surface area (Å²) in [5.74, 6) is -0.0709. The lowest BCUT2D eigenvalue weighted by Gasteiger charge is -2.14. The monoisotopic (exact) mass is 324 g/mol. The van der Waals surface area contributed by atoms with Gasteiger partial charge in [0.25, 0.3) is 0 Å². The first kappa shape index (κ1) is 16.0. The molecule has 0 fully saturated rings. The number of thiazole rings is 1. The molecule has 1 aromatic carbocycles. The van der Waals surface area contributed by atoms with Crippen molar-refractivity contribution in [3.8, 4) is 0 Å². The molecular formula is C15H20N2O2S2. The number of nitrogens with zero attached hydrogens (tertiary/aromatic N) is 1. The molecule has 2 rings (SSSR count). The number of aryl methyl sites for hydroxylation is 1. The number of hydrogen-bond donors (Lipinski definition) is 1. The summed E-state index contributed by atoms with van der Waals surface area (Å²) in [7, 11) is -3.40. The maximum atomic E-state index is 12.5. The summed E-state index contributed by atoms with van der Waals surface area (Å²) in [4.78, 5) is 4.78. The average Bonchev–Trinajstić information content (AvgIpc) is 2.75. The van der Waals surface area contributed by atoms with E-state index in [0.29, 0.717) is 21.2 Å². The first-order chi connectivity index (χ1) is 9.59. The largest absolute Gasteiger partial charge is 0.399 e. The van der Waals surface area contributed by atoms with Crippen molar-refractivity contribution in [3.63, 3.8) is 0 Å². The van der Waals surface area contributed by atoms with Crippen molar-refractivity contribution in [2.24, 2.45) is 0 Å². The second-order valence-corrected chi connectivity index (χ2v) is 9.06. The summed E-state index contributed by atoms with van der Waals surface area (Å²) >= 11 is 1.39. The molecule has 0 saturated carbocycles. The number of anilines is 1. The molecule has 0 amide bonds. The van der Waals surface area contributed by atoms with Gasteiger partial charge in [0.1, 0.15) is 10.8 Å². The van der Waals surface area contributed by atoms with Crippen molar-refractivity contribution in [1.82, 2.24) is 4.98 Å². The highest BCUT2D eigenvalue weighted by atomic mass is 32.2. The van der Waals surface area contributed by atoms with Crippen molar-refractivity contribution in [1.29, 1.82) is 0 Å². The van der Waals surface area contributed by atoms with Gasteiger partial charge in [-0.15, -0.1) is 11.3 Å². The lowest BCUT2D eigenvalue weighted by Crippen LogP contribution is -2.12. The minimum atomic E-state index is -3.40. The van der Waals surface area contributed by atoms with Gasteiger partial charge < -0.3 is 5.73 Å². The van der Waals surface area contributed by atoms with Crippen LogP contribution in [0.1, 0.15) is 37.0 Å². The molecule has 0 unspecified atom stereocenters. The summed E-state index contributed by atoms with van der Waals surface area (Å²) in [6, 6.07) is 4.86. The summed E-state index contributed by atoms with van der Waals surface area (Å²) in [6.07, 6.45) is 0. The minimum Gasteiger partial charge on any atom is -0.399 e. The lowest BCUT2D eigenvalue weighted by molar-refractivity contribution is 0.570. The Balaban J connectivity index is 2.31. The Bertz CT molecular complexity index is 756. The van der Waals surface area contributed by atoms with Gasteiger partial charge in [-0.1, -0.05) is 20.8 Å². The summed E-state index contributed by atoms with van der Waals surface area (Å²) in [5, 5.41) is 2.55. The molecular weight excluding hydrogens is 304 g/mol. The second-order valence-electron chi connectivity index (χ2n) is 6.16. The number of aromatic nitrogens is 1. The van der Waals surface area contributed by atoms with Crippen LogP contribution in [0.15, 0.2) is 28.5 Å². The van der Waals surface area contributed by atoms with Crippen LogP contribution in [0, 0.1) is 6.92 Å². The molecule has 0 atom stereocenters. The fourth-order valence-corrected chi connectivity index (χ4v) is 4.90. The van der Waals surface area contributed by atoms with E-state index in [0.717, 1.165) is 5.69 Å². The highest BCUT2D eigenvalue weighted by molar-refractivity contribution is 7.90. The molecule has 0 radical (unpaired) electrons. The van der Waals surface area contributed by atoms with Gasteiger partial charge in [0, 0.05) is 16.5 Å². The minimum absolute atomic E-state index is 0.0709. The first-order valence-electron chi connectivity index (χ1n) is 6.63. The van der Waals surface area contributed by atoms with E-state index in [1.54, 1.807) is 25.1 Å². The Morgan fingerprint density at radius 2 is 1.95 bits per heavy atom. The van der Waals surface area contributed by atoms with Crippen LogP contribution in [-0.4, -0.2) is 13.4 Å². The number of sulfone groups is 1. The highest BCUT2D eigenvalue weighted by Crippen LogP contribution is 2.27. The third-order valence-electron chi connectivity index (χ3n) is 3.17. The molecule has 2 aromatic rings. The number of rotatable bonds is 3. The Kier molecular flexibility index (Phi) is 4.13. The van der Waals surface area contributed by atoms with Crippen LogP contribution in [0.3, 0.4) is 0 Å². The average molecular weight is 324 g/mol. The number of benzene rings is 1. The van der Waals surface area contributed by atoms with Gasteiger partial charge in [-0.25, -0.2) is 13.4 Å². The Morgan fingerprint density at radius 3 is 2.48 bits per heavy atom. The molecule has 2 N–H and O–H groups in total. The van der Waals surface area contributed by atoms with Gasteiger partial charge in [0.15, 0.2) is 9.84 Å². The van der Waals surface area contributed by atoms with E-state index in [9.17, 15) is 8.42 Å². The fraction of sp³-hybridized carbons (Fsp3) is 0.400. The predicted molar refractivity (Wildman–Crippen MR) is 87.3 cm³/mol. The number of hydrogen-bond acceptors (Lipinski definition) is 5. The molecule has 4 nitrogen and oxygen atoms in total. The second kappa shape index (κ2) is 5.42. The third kappa shape index (κ3) is 3.63. The van der Waals surface area contributed by atoms with Gasteiger partial charge >= 0.3 is 0 Å². The highest BCUT2D eigenvalue weighted by Gasteiger charge is 2.22. The molecule has 0 aliphatic heterocycles. The SMILES string of the molecule is Cc1cc(N)ccc1S(=O)(=O)Cc1nc(C(C)(C)C)cs1. The van der Waals surface area contributed by atoms with E-state index < -0.39 is 9.84 Å². The number of nitrogen functional groups attached to an aromatic ring is 1. The van der Waals surface area contributed by atoms with Gasteiger partial charge in [0.2, 0.25) is 0 Å². The van der Waals surface area contributed by atoms with Gasteiger partial charge in [-0.3, -0.25) is 0 Å². The van der Waals surface area contributed by atoms with E-state index in [1.165, 1.54) is 11.3 Å². The van der Waals surface area contributed by atoms with Crippen LogP contribution in [0.5, 0.6) is 0 Å². The normalized spacial score (nSPS) is 12.6. The maximum Gasteiger partial charge on any atom is 0.185 e. The molecule has 1 aromatic heterocycles. The summed E-state index contributed by atoms with van der Waals surface area (Å²) in [6.45, 7) is 7.94. The van der Waals surface area contributed by atoms with E-state index in [-0.39, 0.29) is 11.2 Å². The van der Waals surface area contributed by atoms with E-state index in [2.05, 4.69) is 25.8 Å². The van der Waals surface area contributed by atoms with Crippen LogP contribution in [-0.2, 0) is 21.0 Å². The maximum absolute atomic E-state index is 12.5. The molecule has 0 aliphatic carbocycles. The molecule has 0 saturated heterocycles. The quantitative estimate of drug-likeness (QED) is 0.879. The van der Waals surface area contributed by atoms with Gasteiger partial charge in [0.05, 0.1) is 10.6 Å². The van der Waals surface area contributed by atoms with Crippen molar-refractivity contribution in [2.45, 2.75) is 43.8 Å². The Morgan fingerprint density at radius 1 is 1.29 bits per heavy atom. The number of nitrogens with two attached hydrogens (primary N) is 1. The van der Waals surface area contributed by atoms with Gasteiger partial charge in [-0.2, -0.15) is 0 Å². The van der Waals surface area contributed by atoms with E-state index in [4.69, 9.17) is 5.73 Å². The Labute approximate surface area is 130 Å². The van der Waals surface area contributed by atoms with Crippen LogP contribution >= 0.6 is 11.3 Å². The van der Waals surface area contributed by atoms with E-state index in [1.807, 2.05) is 5.38 Å². The van der Waals surface area contributed by atoms with Crippen molar-refractivity contribution in [2.75, 3.05) is 5.73 Å². The van der Waals surface area contributed by atoms with Crippen molar-refractivity contribution < 1.29 is 8.42 Å². The van der Waals surface area contributed by atoms with Crippen LogP contribution < -0.4 is 5.73 Å². The zero-order chi connectivity index (χ0) is 15.8. The van der Waals surface area contributed by atoms with Crippen LogP contribution in [0.4, 0.5) is 5.69 Å². The summed E-state index contributed by atoms with van der Waals surface area (Å²) in [5.41, 5.74) is 7.75. The Hall–Kier alpha value is -1.40. The molecule has 114 valence electrons. The van der Waals surface area contributed by atoms with E-state index >= 15 is 0 Å². The first-order valence-corrected chi connectivity index (χ1v) is 9.16. The molecule has 1 heterocycles. The van der Waals surface area contributed by atoms with Crippen molar-refractivity contribution >= 4 is 26.9 Å². The van der Waals surface area contributed by atoms with Crippen LogP contribution in [0.25, 0.3) is 0 Å². The molecule has 21 heavy (non-hydrogen) atoms. The standard InChI is InChI=1S/C15H20N2O2S2/c1-10-7-11(16)5-6-12(10)21(18,19)9-14-17-13(8-20-14)15(2,3)4/h5-8H,9,16H2,1-4H3. The topological polar surface area (TPSA) is 73.1 Å². The summed E-state index contributed by atoms with van der Waals surface area (Å²) < 4.78 is 25.0. The molecule has 6 heteroatoms. The molecule has 0 aliphatic rings. The smallest absolute Gasteiger partial charge is 0.185 e. The third-order valence-corrected chi connectivity index (χ3v) is 5.98. The van der Waals surface area contributed by atoms with Crippen LogP contribution in [0.2, 0.25) is 0 Å². The lowest BCUT2D eigenvalue weighted by atomic mass is 9.93. The molecule has 0 spiro atoms. The molecule has 0 bridgehead atoms. The predicted octanol–water partition coefficient (Wildman–Crippen LogP) is 3.31. The zero-order valence-corrected chi connectivity index (χ0v) is 14.3.